The van der Waals surface area contributed by atoms with Crippen molar-refractivity contribution in [1.29, 1.82) is 0 Å². The molecule has 0 aliphatic heterocycles. The van der Waals surface area contributed by atoms with Crippen molar-refractivity contribution in [2.24, 2.45) is 0 Å². The van der Waals surface area contributed by atoms with Gasteiger partial charge in [-0.05, 0) is 20.5 Å². The first-order valence-electron chi connectivity index (χ1n) is 4.94. The minimum atomic E-state index is 0.0373. The molecule has 0 aromatic heterocycles. The van der Waals surface area contributed by atoms with E-state index < -0.39 is 0 Å². The van der Waals surface area contributed by atoms with E-state index >= 15 is 0 Å². The average molecular weight is 188 g/mol. The summed E-state index contributed by atoms with van der Waals surface area (Å²) in [6, 6.07) is 0. The minimum absolute atomic E-state index is 0.0373. The molecule has 0 spiro atoms. The van der Waals surface area contributed by atoms with Crippen molar-refractivity contribution in [2.75, 3.05) is 53.4 Å². The topological polar surface area (TPSA) is 47.2 Å². The van der Waals surface area contributed by atoms with Gasteiger partial charge in [0.2, 0.25) is 0 Å². The van der Waals surface area contributed by atoms with Gasteiger partial charge in [0.25, 0.3) is 0 Å². The Bertz CT molecular complexity index is 81.8. The summed E-state index contributed by atoms with van der Waals surface area (Å²) in [6.45, 7) is 4.99. The number of likely N-dealkylation sites (N-methyl/N-ethyl adjacent to an activating group) is 2. The minimum Gasteiger partial charge on any atom is -0.318 e. The van der Waals surface area contributed by atoms with Crippen LogP contribution in [0.2, 0.25) is 0 Å². The van der Waals surface area contributed by atoms with Crippen molar-refractivity contribution >= 4 is 0 Å². The molecule has 0 saturated carbocycles. The van der Waals surface area contributed by atoms with Gasteiger partial charge in [0.15, 0.2) is 0 Å². The molecule has 4 nitrogen and oxygen atoms in total. The second kappa shape index (κ2) is 9.92. The fourth-order valence-electron chi connectivity index (χ4n) is 1.16. The normalized spacial score (nSPS) is 11.1. The molecule has 79 valence electrons. The van der Waals surface area contributed by atoms with Gasteiger partial charge >= 0.3 is 0 Å². The Morgan fingerprint density at radius 3 is 1.92 bits per heavy atom. The van der Waals surface area contributed by atoms with Gasteiger partial charge < -0.3 is 15.5 Å². The number of nitrogens with zero attached hydrogens (tertiary/aromatic N) is 1. The van der Waals surface area contributed by atoms with Gasteiger partial charge in [0, 0.05) is 32.7 Å². The lowest BCUT2D eigenvalue weighted by Crippen LogP contribution is -2.36. The van der Waals surface area contributed by atoms with Gasteiger partial charge in [0.05, 0.1) is 6.61 Å². The number of hydrogen-bond acceptors (Lipinski definition) is 3. The summed E-state index contributed by atoms with van der Waals surface area (Å²) in [4.78, 5) is 2.31. The van der Waals surface area contributed by atoms with E-state index in [9.17, 15) is 5.11 Å². The van der Waals surface area contributed by atoms with Crippen LogP contribution in [0.5, 0.6) is 0 Å². The SMILES string of the molecule is CNCCN(CCC[O])CCNC. The Labute approximate surface area is 81.3 Å². The Hall–Kier alpha value is -0.160. The summed E-state index contributed by atoms with van der Waals surface area (Å²) in [5.74, 6) is 0. The molecular weight excluding hydrogens is 166 g/mol. The molecule has 0 heterocycles. The third-order valence-electron chi connectivity index (χ3n) is 1.97. The first-order chi connectivity index (χ1) is 6.35. The Morgan fingerprint density at radius 2 is 1.54 bits per heavy atom. The lowest BCUT2D eigenvalue weighted by atomic mass is 10.3. The van der Waals surface area contributed by atoms with Crippen molar-refractivity contribution in [2.45, 2.75) is 6.42 Å². The van der Waals surface area contributed by atoms with Crippen molar-refractivity contribution in [3.05, 3.63) is 0 Å². The fraction of sp³-hybridized carbons (Fsp3) is 1.00. The summed E-state index contributed by atoms with van der Waals surface area (Å²) < 4.78 is 0. The third-order valence-corrected chi connectivity index (χ3v) is 1.97. The van der Waals surface area contributed by atoms with Crippen LogP contribution in [0.3, 0.4) is 0 Å². The first kappa shape index (κ1) is 12.8. The van der Waals surface area contributed by atoms with Gasteiger partial charge in [-0.1, -0.05) is 0 Å². The van der Waals surface area contributed by atoms with E-state index in [0.29, 0.717) is 0 Å². The Morgan fingerprint density at radius 1 is 1.00 bits per heavy atom. The molecule has 0 aromatic carbocycles. The van der Waals surface area contributed by atoms with Crippen LogP contribution in [0.15, 0.2) is 0 Å². The monoisotopic (exact) mass is 188 g/mol. The summed E-state index contributed by atoms with van der Waals surface area (Å²) in [5, 5.41) is 16.5. The number of rotatable bonds is 9. The highest BCUT2D eigenvalue weighted by Gasteiger charge is 2.02. The van der Waals surface area contributed by atoms with Crippen LogP contribution in [0.25, 0.3) is 0 Å². The second-order valence-corrected chi connectivity index (χ2v) is 3.11. The molecule has 0 aromatic rings. The summed E-state index contributed by atoms with van der Waals surface area (Å²) in [5.41, 5.74) is 0. The van der Waals surface area contributed by atoms with Gasteiger partial charge in [-0.15, -0.1) is 0 Å². The first-order valence-corrected chi connectivity index (χ1v) is 4.94. The van der Waals surface area contributed by atoms with Crippen LogP contribution >= 0.6 is 0 Å². The van der Waals surface area contributed by atoms with E-state index in [1.165, 1.54) is 0 Å². The zero-order valence-corrected chi connectivity index (χ0v) is 8.81. The van der Waals surface area contributed by atoms with Crippen molar-refractivity contribution < 1.29 is 5.11 Å². The van der Waals surface area contributed by atoms with Crippen LogP contribution in [0.1, 0.15) is 6.42 Å². The van der Waals surface area contributed by atoms with Gasteiger partial charge in [-0.3, -0.25) is 0 Å². The van der Waals surface area contributed by atoms with Crippen molar-refractivity contribution in [3.8, 4) is 0 Å². The summed E-state index contributed by atoms with van der Waals surface area (Å²) >= 11 is 0. The van der Waals surface area contributed by atoms with Crippen molar-refractivity contribution in [3.63, 3.8) is 0 Å². The molecule has 0 aliphatic carbocycles. The van der Waals surface area contributed by atoms with Crippen LogP contribution in [0, 0.1) is 0 Å². The summed E-state index contributed by atoms with van der Waals surface area (Å²) in [7, 11) is 3.90. The third kappa shape index (κ3) is 8.18. The van der Waals surface area contributed by atoms with E-state index in [4.69, 9.17) is 0 Å². The van der Waals surface area contributed by atoms with Gasteiger partial charge in [-0.2, -0.15) is 0 Å². The highest BCUT2D eigenvalue weighted by Crippen LogP contribution is 1.89. The van der Waals surface area contributed by atoms with Crippen LogP contribution in [-0.4, -0.2) is 58.3 Å². The quantitative estimate of drug-likeness (QED) is 0.515. The van der Waals surface area contributed by atoms with Crippen LogP contribution in [-0.2, 0) is 5.11 Å². The Balaban J connectivity index is 3.47. The molecule has 4 heteroatoms. The second-order valence-electron chi connectivity index (χ2n) is 3.11. The molecule has 0 unspecified atom stereocenters. The molecule has 0 fully saturated rings. The van der Waals surface area contributed by atoms with Crippen LogP contribution < -0.4 is 10.6 Å². The average Bonchev–Trinajstić information content (AvgIpc) is 2.17. The lowest BCUT2D eigenvalue weighted by molar-refractivity contribution is 0.166. The Kier molecular flexibility index (Phi) is 9.80. The van der Waals surface area contributed by atoms with Gasteiger partial charge in [-0.25, -0.2) is 5.11 Å². The largest absolute Gasteiger partial charge is 0.318 e. The van der Waals surface area contributed by atoms with Crippen molar-refractivity contribution in [1.82, 2.24) is 15.5 Å². The standard InChI is InChI=1S/C9H22N3O/c1-10-4-7-12(6-3-9-13)8-5-11-2/h10-11H,3-9H2,1-2H3. The van der Waals surface area contributed by atoms with E-state index in [0.717, 1.165) is 39.1 Å². The lowest BCUT2D eigenvalue weighted by Gasteiger charge is -2.21. The molecule has 1 radical (unpaired) electrons. The van der Waals surface area contributed by atoms with Crippen LogP contribution in [0.4, 0.5) is 0 Å². The maximum atomic E-state index is 10.3. The predicted molar refractivity (Wildman–Crippen MR) is 54.5 cm³/mol. The van der Waals surface area contributed by atoms with E-state index in [2.05, 4.69) is 15.5 Å². The van der Waals surface area contributed by atoms with Gasteiger partial charge in [0.1, 0.15) is 0 Å². The number of nitrogens with one attached hydrogen (secondary N) is 2. The zero-order chi connectivity index (χ0) is 9.94. The molecule has 0 amide bonds. The van der Waals surface area contributed by atoms with E-state index in [1.54, 1.807) is 0 Å². The maximum absolute atomic E-state index is 10.3. The molecule has 0 bridgehead atoms. The molecule has 13 heavy (non-hydrogen) atoms. The molecular formula is C9H22N3O. The number of hydrogen-bond donors (Lipinski definition) is 2. The smallest absolute Gasteiger partial charge is 0.0834 e. The molecule has 0 atom stereocenters. The molecule has 0 saturated heterocycles. The van der Waals surface area contributed by atoms with E-state index in [1.807, 2.05) is 14.1 Å². The van der Waals surface area contributed by atoms with E-state index in [-0.39, 0.29) is 6.61 Å². The molecule has 2 N–H and O–H groups in total. The highest BCUT2D eigenvalue weighted by atomic mass is 16.3. The summed E-state index contributed by atoms with van der Waals surface area (Å²) in [6.07, 6.45) is 0.757. The molecule has 0 aliphatic rings. The molecule has 0 rings (SSSR count). The highest BCUT2D eigenvalue weighted by molar-refractivity contribution is 4.60. The predicted octanol–water partition coefficient (Wildman–Crippen LogP) is -0.452. The zero-order valence-electron chi connectivity index (χ0n) is 8.81. The fourth-order valence-corrected chi connectivity index (χ4v) is 1.16. The maximum Gasteiger partial charge on any atom is 0.0834 e.